The Balaban J connectivity index is 1.54. The summed E-state index contributed by atoms with van der Waals surface area (Å²) in [6.45, 7) is 11.3. The van der Waals surface area contributed by atoms with E-state index in [2.05, 4.69) is 20.9 Å². The average molecular weight is 475 g/mol. The Hall–Kier alpha value is -3.93. The number of piperazine rings is 1. The molecule has 1 N–H and O–H groups in total. The molecule has 3 heterocycles. The molecule has 2 aromatic heterocycles. The second-order valence-corrected chi connectivity index (χ2v) is 10.2. The van der Waals surface area contributed by atoms with Crippen LogP contribution in [0.25, 0.3) is 22.4 Å². The molecule has 4 rings (SSSR count). The highest BCUT2D eigenvalue weighted by Crippen LogP contribution is 2.29. The number of hydrogen-bond donors (Lipinski definition) is 1. The summed E-state index contributed by atoms with van der Waals surface area (Å²) >= 11 is 0. The van der Waals surface area contributed by atoms with Crippen molar-refractivity contribution in [3.63, 3.8) is 0 Å². The third kappa shape index (κ3) is 5.11. The lowest BCUT2D eigenvalue weighted by Gasteiger charge is -2.36. The molecule has 1 aliphatic rings. The highest BCUT2D eigenvalue weighted by atomic mass is 16.6. The van der Waals surface area contributed by atoms with Gasteiger partial charge in [-0.15, -0.1) is 0 Å². The molecule has 0 bridgehead atoms. The molecule has 0 aliphatic carbocycles. The maximum atomic E-state index is 12.9. The number of carbonyl (C=O) groups is 2. The Labute approximate surface area is 204 Å². The number of hydrogen-bond acceptors (Lipinski definition) is 7. The largest absolute Gasteiger partial charge is 0.444 e. The van der Waals surface area contributed by atoms with Crippen LogP contribution in [0.2, 0.25) is 0 Å². The van der Waals surface area contributed by atoms with Crippen LogP contribution in [0.15, 0.2) is 36.7 Å². The van der Waals surface area contributed by atoms with E-state index in [4.69, 9.17) is 9.72 Å². The van der Waals surface area contributed by atoms with Gasteiger partial charge in [-0.05, 0) is 46.8 Å². The summed E-state index contributed by atoms with van der Waals surface area (Å²) in [4.78, 5) is 41.3. The molecule has 0 radical (unpaired) electrons. The first-order valence-electron chi connectivity index (χ1n) is 11.6. The van der Waals surface area contributed by atoms with Gasteiger partial charge in [0, 0.05) is 43.6 Å². The zero-order chi connectivity index (χ0) is 25.4. The molecule has 182 valence electrons. The fourth-order valence-electron chi connectivity index (χ4n) is 3.93. The van der Waals surface area contributed by atoms with E-state index in [-0.39, 0.29) is 11.9 Å². The Morgan fingerprint density at radius 1 is 1.11 bits per heavy atom. The first-order chi connectivity index (χ1) is 16.5. The number of rotatable bonds is 4. The molecule has 1 saturated heterocycles. The molecule has 35 heavy (non-hydrogen) atoms. The number of amides is 1. The Morgan fingerprint density at radius 2 is 1.83 bits per heavy atom. The van der Waals surface area contributed by atoms with Gasteiger partial charge < -0.3 is 19.5 Å². The number of nitrogens with one attached hydrogen (secondary N) is 1. The van der Waals surface area contributed by atoms with Crippen LogP contribution < -0.4 is 4.90 Å². The van der Waals surface area contributed by atoms with Gasteiger partial charge in [0.05, 0.1) is 23.5 Å². The molecule has 1 fully saturated rings. The van der Waals surface area contributed by atoms with Crippen LogP contribution in [-0.4, -0.2) is 63.5 Å². The number of Topliss-reactive ketones (excluding diaryl/α,β-unsaturated/α-hetero) is 1. The predicted molar refractivity (Wildman–Crippen MR) is 133 cm³/mol. The van der Waals surface area contributed by atoms with Gasteiger partial charge in [0.1, 0.15) is 16.5 Å². The van der Waals surface area contributed by atoms with Crippen LogP contribution in [0, 0.1) is 16.7 Å². The molecule has 1 aliphatic heterocycles. The molecule has 3 aromatic rings. The van der Waals surface area contributed by atoms with E-state index in [1.54, 1.807) is 31.1 Å². The topological polar surface area (TPSA) is 115 Å². The highest BCUT2D eigenvalue weighted by molar-refractivity contribution is 6.09. The molecular formula is C26H30N6O3. The van der Waals surface area contributed by atoms with Gasteiger partial charge in [-0.25, -0.2) is 14.8 Å². The van der Waals surface area contributed by atoms with Crippen molar-refractivity contribution in [1.29, 1.82) is 5.26 Å². The fraction of sp³-hybridized carbons (Fsp3) is 0.423. The van der Waals surface area contributed by atoms with Gasteiger partial charge in [-0.3, -0.25) is 4.79 Å². The highest BCUT2D eigenvalue weighted by Gasteiger charge is 2.31. The van der Waals surface area contributed by atoms with E-state index >= 15 is 0 Å². The number of fused-ring (bicyclic) bond motifs is 1. The molecule has 9 heteroatoms. The lowest BCUT2D eigenvalue weighted by Crippen LogP contribution is -2.50. The summed E-state index contributed by atoms with van der Waals surface area (Å²) in [6.07, 6.45) is 2.95. The third-order valence-corrected chi connectivity index (χ3v) is 5.91. The predicted octanol–water partition coefficient (Wildman–Crippen LogP) is 4.41. The van der Waals surface area contributed by atoms with Crippen molar-refractivity contribution >= 4 is 28.7 Å². The number of H-pyrrole nitrogens is 1. The summed E-state index contributed by atoms with van der Waals surface area (Å²) < 4.78 is 5.49. The maximum absolute atomic E-state index is 12.9. The van der Waals surface area contributed by atoms with E-state index in [9.17, 15) is 14.9 Å². The number of nitrogens with zero attached hydrogens (tertiary/aromatic N) is 5. The van der Waals surface area contributed by atoms with Crippen molar-refractivity contribution in [1.82, 2.24) is 19.9 Å². The smallest absolute Gasteiger partial charge is 0.410 e. The van der Waals surface area contributed by atoms with E-state index in [1.165, 1.54) is 0 Å². The second-order valence-electron chi connectivity index (χ2n) is 10.2. The molecule has 0 unspecified atom stereocenters. The second kappa shape index (κ2) is 9.02. The standard InChI is InChI=1S/C26H30N6O3/c1-25(2,3)35-24(34)32-11-9-31(10-12-32)18-8-6-7-17(13-18)20-15-29-23-21(30-20)19(14-28-23)22(33)26(4,5)16-27/h6-8,13-15H,9-12H2,1-5H3,(H,28,29). The van der Waals surface area contributed by atoms with Crippen LogP contribution in [-0.2, 0) is 4.74 Å². The van der Waals surface area contributed by atoms with E-state index < -0.39 is 11.0 Å². The summed E-state index contributed by atoms with van der Waals surface area (Å²) in [6, 6.07) is 10.0. The number of benzene rings is 1. The third-order valence-electron chi connectivity index (χ3n) is 5.91. The summed E-state index contributed by atoms with van der Waals surface area (Å²) in [5.41, 5.74) is 2.15. The summed E-state index contributed by atoms with van der Waals surface area (Å²) in [5, 5.41) is 9.37. The van der Waals surface area contributed by atoms with Crippen molar-refractivity contribution in [2.45, 2.75) is 40.2 Å². The minimum Gasteiger partial charge on any atom is -0.444 e. The van der Waals surface area contributed by atoms with Gasteiger partial charge in [-0.2, -0.15) is 5.26 Å². The zero-order valence-electron chi connectivity index (χ0n) is 20.8. The summed E-state index contributed by atoms with van der Waals surface area (Å²) in [5.74, 6) is -0.297. The number of ketones is 1. The number of nitriles is 1. The normalized spacial score (nSPS) is 14.6. The van der Waals surface area contributed by atoms with Crippen molar-refractivity contribution < 1.29 is 14.3 Å². The van der Waals surface area contributed by atoms with Crippen LogP contribution in [0.1, 0.15) is 45.0 Å². The first-order valence-corrected chi connectivity index (χ1v) is 11.6. The van der Waals surface area contributed by atoms with Crippen LogP contribution in [0.3, 0.4) is 0 Å². The van der Waals surface area contributed by atoms with Crippen molar-refractivity contribution in [2.24, 2.45) is 5.41 Å². The Bertz CT molecular complexity index is 1310. The maximum Gasteiger partial charge on any atom is 0.410 e. The van der Waals surface area contributed by atoms with Gasteiger partial charge >= 0.3 is 6.09 Å². The van der Waals surface area contributed by atoms with E-state index in [1.807, 2.05) is 45.0 Å². The quantitative estimate of drug-likeness (QED) is 0.557. The van der Waals surface area contributed by atoms with Gasteiger partial charge in [0.2, 0.25) is 0 Å². The number of anilines is 1. The van der Waals surface area contributed by atoms with Crippen LogP contribution >= 0.6 is 0 Å². The zero-order valence-corrected chi connectivity index (χ0v) is 20.8. The van der Waals surface area contributed by atoms with Crippen molar-refractivity contribution in [2.75, 3.05) is 31.1 Å². The van der Waals surface area contributed by atoms with Gasteiger partial charge in [0.15, 0.2) is 11.4 Å². The minimum atomic E-state index is -1.16. The minimum absolute atomic E-state index is 0.286. The number of aromatic amines is 1. The van der Waals surface area contributed by atoms with Crippen LogP contribution in [0.5, 0.6) is 0 Å². The molecule has 0 atom stereocenters. The fourth-order valence-corrected chi connectivity index (χ4v) is 3.93. The monoisotopic (exact) mass is 474 g/mol. The number of carbonyl (C=O) groups excluding carboxylic acids is 2. The van der Waals surface area contributed by atoms with Crippen molar-refractivity contribution in [3.8, 4) is 17.3 Å². The molecule has 1 amide bonds. The molecular weight excluding hydrogens is 444 g/mol. The van der Waals surface area contributed by atoms with E-state index in [0.29, 0.717) is 48.6 Å². The lowest BCUT2D eigenvalue weighted by atomic mass is 9.86. The number of ether oxygens (including phenoxy) is 1. The van der Waals surface area contributed by atoms with Crippen molar-refractivity contribution in [3.05, 3.63) is 42.2 Å². The molecule has 9 nitrogen and oxygen atoms in total. The molecule has 1 aromatic carbocycles. The van der Waals surface area contributed by atoms with Gasteiger partial charge in [-0.1, -0.05) is 12.1 Å². The Kier molecular flexibility index (Phi) is 6.24. The van der Waals surface area contributed by atoms with Crippen LogP contribution in [0.4, 0.5) is 10.5 Å². The van der Waals surface area contributed by atoms with Gasteiger partial charge in [0.25, 0.3) is 0 Å². The van der Waals surface area contributed by atoms with E-state index in [0.717, 1.165) is 11.3 Å². The molecule has 0 saturated carbocycles. The first kappa shape index (κ1) is 24.2. The molecule has 0 spiro atoms. The SMILES string of the molecule is CC(C)(C)OC(=O)N1CCN(c2cccc(-c3cnc4[nH]cc(C(=O)C(C)(C)C#N)c4n3)c2)CC1. The number of aromatic nitrogens is 3. The lowest BCUT2D eigenvalue weighted by molar-refractivity contribution is 0.0240. The Morgan fingerprint density at radius 3 is 2.49 bits per heavy atom. The summed E-state index contributed by atoms with van der Waals surface area (Å²) in [7, 11) is 0. The average Bonchev–Trinajstić information content (AvgIpc) is 3.25.